The Morgan fingerprint density at radius 3 is 2.32 bits per heavy atom. The first-order valence-corrected chi connectivity index (χ1v) is 7.61. The number of nitrogens with zero attached hydrogens (tertiary/aromatic N) is 2. The monoisotopic (exact) mass is 302 g/mol. The number of rotatable bonds is 3. The van der Waals surface area contributed by atoms with Gasteiger partial charge in [0.15, 0.2) is 0 Å². The summed E-state index contributed by atoms with van der Waals surface area (Å²) in [7, 11) is 0. The van der Waals surface area contributed by atoms with Crippen molar-refractivity contribution >= 4 is 12.1 Å². The molecule has 22 heavy (non-hydrogen) atoms. The lowest BCUT2D eigenvalue weighted by Crippen LogP contribution is -2.17. The van der Waals surface area contributed by atoms with Gasteiger partial charge in [-0.1, -0.05) is 57.5 Å². The van der Waals surface area contributed by atoms with Gasteiger partial charge >= 0.3 is 0 Å². The zero-order chi connectivity index (χ0) is 17.0. The molecular formula is C17H26N4O. The highest BCUT2D eigenvalue weighted by atomic mass is 16.2. The van der Waals surface area contributed by atoms with Gasteiger partial charge in [0.05, 0.1) is 5.69 Å². The van der Waals surface area contributed by atoms with Gasteiger partial charge in [-0.05, 0) is 19.9 Å². The number of carbonyl (C=O) groups excluding carboxylic acids is 1. The van der Waals surface area contributed by atoms with Gasteiger partial charge in [-0.15, -0.1) is 0 Å². The molecule has 0 saturated carbocycles. The van der Waals surface area contributed by atoms with Crippen molar-refractivity contribution in [1.29, 1.82) is 0 Å². The molecular weight excluding hydrogens is 276 g/mol. The Hall–Kier alpha value is -2.43. The second kappa shape index (κ2) is 11.3. The maximum Gasteiger partial charge on any atom is 0.289 e. The number of hydrogen-bond acceptors (Lipinski definition) is 3. The molecule has 2 N–H and O–H groups in total. The average Bonchev–Trinajstić information content (AvgIpc) is 3.07. The number of amides is 1. The lowest BCUT2D eigenvalue weighted by atomic mass is 10.1. The van der Waals surface area contributed by atoms with Crippen molar-refractivity contribution in [2.45, 2.75) is 41.5 Å². The molecule has 1 aromatic carbocycles. The molecule has 2 aromatic rings. The third-order valence-corrected chi connectivity index (χ3v) is 2.47. The van der Waals surface area contributed by atoms with E-state index in [1.54, 1.807) is 13.0 Å². The summed E-state index contributed by atoms with van der Waals surface area (Å²) in [5, 5.41) is 10.5. The molecule has 0 fully saturated rings. The molecule has 1 heterocycles. The van der Waals surface area contributed by atoms with Crippen molar-refractivity contribution < 1.29 is 4.79 Å². The van der Waals surface area contributed by atoms with Gasteiger partial charge < -0.3 is 0 Å². The third-order valence-electron chi connectivity index (χ3n) is 2.47. The van der Waals surface area contributed by atoms with E-state index in [2.05, 4.69) is 20.7 Å². The van der Waals surface area contributed by atoms with E-state index in [1.807, 2.05) is 58.9 Å². The number of hydrogen-bond donors (Lipinski definition) is 2. The molecule has 120 valence electrons. The Morgan fingerprint density at radius 2 is 1.77 bits per heavy atom. The molecule has 2 rings (SSSR count). The molecule has 1 amide bonds. The van der Waals surface area contributed by atoms with Crippen LogP contribution >= 0.6 is 0 Å². The number of carbonyl (C=O) groups is 1. The molecule has 0 radical (unpaired) electrons. The first-order chi connectivity index (χ1) is 10.7. The van der Waals surface area contributed by atoms with E-state index in [1.165, 1.54) is 11.8 Å². The maximum atomic E-state index is 11.6. The summed E-state index contributed by atoms with van der Waals surface area (Å²) in [4.78, 5) is 11.6. The van der Waals surface area contributed by atoms with Gasteiger partial charge in [0, 0.05) is 11.8 Å². The van der Waals surface area contributed by atoms with Crippen LogP contribution in [-0.2, 0) is 0 Å². The van der Waals surface area contributed by atoms with Crippen molar-refractivity contribution in [1.82, 2.24) is 15.6 Å². The number of hydrazone groups is 1. The second-order valence-corrected chi connectivity index (χ2v) is 3.86. The standard InChI is InChI=1S/C13H14N4O.2C2H6/c1-3-14-17-13(18)12-8-11(15-16-12)10-6-4-9(2)5-7-10;2*1-2/h3-8H,1-2H3,(H,15,16)(H,17,18);2*1-2H3/b14-3-;;. The van der Waals surface area contributed by atoms with E-state index < -0.39 is 0 Å². The largest absolute Gasteiger partial charge is 0.289 e. The lowest BCUT2D eigenvalue weighted by molar-refractivity contribution is 0.0950. The van der Waals surface area contributed by atoms with Crippen molar-refractivity contribution in [3.8, 4) is 11.3 Å². The summed E-state index contributed by atoms with van der Waals surface area (Å²) in [6.45, 7) is 11.8. The van der Waals surface area contributed by atoms with Crippen LogP contribution in [0, 0.1) is 6.92 Å². The fourth-order valence-electron chi connectivity index (χ4n) is 1.49. The first-order valence-electron chi connectivity index (χ1n) is 7.61. The van der Waals surface area contributed by atoms with Crippen molar-refractivity contribution in [3.63, 3.8) is 0 Å². The van der Waals surface area contributed by atoms with E-state index in [0.29, 0.717) is 5.69 Å². The highest BCUT2D eigenvalue weighted by molar-refractivity contribution is 5.93. The van der Waals surface area contributed by atoms with E-state index in [0.717, 1.165) is 11.3 Å². The summed E-state index contributed by atoms with van der Waals surface area (Å²) in [5.41, 5.74) is 5.66. The predicted octanol–water partition coefficient (Wildman–Crippen LogP) is 4.17. The predicted molar refractivity (Wildman–Crippen MR) is 93.1 cm³/mol. The summed E-state index contributed by atoms with van der Waals surface area (Å²) in [6.07, 6.45) is 1.51. The van der Waals surface area contributed by atoms with Crippen LogP contribution in [0.25, 0.3) is 11.3 Å². The van der Waals surface area contributed by atoms with Gasteiger partial charge in [-0.3, -0.25) is 9.89 Å². The van der Waals surface area contributed by atoms with E-state index in [9.17, 15) is 4.79 Å². The van der Waals surface area contributed by atoms with E-state index in [4.69, 9.17) is 0 Å². The Bertz CT molecular complexity index is 571. The van der Waals surface area contributed by atoms with Gasteiger partial charge in [-0.2, -0.15) is 10.2 Å². The highest BCUT2D eigenvalue weighted by Crippen LogP contribution is 2.17. The van der Waals surface area contributed by atoms with Crippen LogP contribution in [0.3, 0.4) is 0 Å². The molecule has 0 atom stereocenters. The highest BCUT2D eigenvalue weighted by Gasteiger charge is 2.09. The van der Waals surface area contributed by atoms with Crippen LogP contribution in [0.1, 0.15) is 50.7 Å². The minimum atomic E-state index is -0.307. The fourth-order valence-corrected chi connectivity index (χ4v) is 1.49. The van der Waals surface area contributed by atoms with E-state index >= 15 is 0 Å². The molecule has 5 nitrogen and oxygen atoms in total. The summed E-state index contributed by atoms with van der Waals surface area (Å²) in [6, 6.07) is 9.65. The number of aromatic amines is 1. The topological polar surface area (TPSA) is 70.1 Å². The normalized spacial score (nSPS) is 9.36. The molecule has 0 aliphatic rings. The van der Waals surface area contributed by atoms with Gasteiger partial charge in [-0.25, -0.2) is 5.43 Å². The molecule has 0 aliphatic carbocycles. The number of H-pyrrole nitrogens is 1. The number of aromatic nitrogens is 2. The molecule has 5 heteroatoms. The van der Waals surface area contributed by atoms with Crippen LogP contribution in [0.15, 0.2) is 35.4 Å². The van der Waals surface area contributed by atoms with Crippen molar-refractivity contribution in [3.05, 3.63) is 41.6 Å². The van der Waals surface area contributed by atoms with Crippen molar-refractivity contribution in [2.24, 2.45) is 5.10 Å². The average molecular weight is 302 g/mol. The van der Waals surface area contributed by atoms with Crippen molar-refractivity contribution in [2.75, 3.05) is 0 Å². The molecule has 0 aliphatic heterocycles. The van der Waals surface area contributed by atoms with Crippen LogP contribution in [0.5, 0.6) is 0 Å². The molecule has 0 saturated heterocycles. The molecule has 0 bridgehead atoms. The molecule has 0 unspecified atom stereocenters. The van der Waals surface area contributed by atoms with Crippen LogP contribution < -0.4 is 5.43 Å². The minimum Gasteiger partial charge on any atom is -0.272 e. The van der Waals surface area contributed by atoms with Crippen LogP contribution in [0.4, 0.5) is 0 Å². The number of aryl methyl sites for hydroxylation is 1. The smallest absolute Gasteiger partial charge is 0.272 e. The second-order valence-electron chi connectivity index (χ2n) is 3.86. The Kier molecular flexibility index (Phi) is 10.0. The lowest BCUT2D eigenvalue weighted by Gasteiger charge is -1.96. The van der Waals surface area contributed by atoms with Gasteiger partial charge in [0.2, 0.25) is 0 Å². The summed E-state index contributed by atoms with van der Waals surface area (Å²) < 4.78 is 0. The minimum absolute atomic E-state index is 0.307. The molecule has 1 aromatic heterocycles. The van der Waals surface area contributed by atoms with Gasteiger partial charge in [0.1, 0.15) is 5.69 Å². The first kappa shape index (κ1) is 19.6. The maximum absolute atomic E-state index is 11.6. The zero-order valence-electron chi connectivity index (χ0n) is 14.3. The Labute approximate surface area is 132 Å². The number of nitrogens with one attached hydrogen (secondary N) is 2. The molecule has 0 spiro atoms. The Balaban J connectivity index is 0.00000102. The Morgan fingerprint density at radius 1 is 1.18 bits per heavy atom. The summed E-state index contributed by atoms with van der Waals surface area (Å²) >= 11 is 0. The SMILES string of the molecule is C/C=N\NC(=O)c1cc(-c2ccc(C)cc2)n[nH]1.CC.CC. The number of benzene rings is 1. The zero-order valence-corrected chi connectivity index (χ0v) is 14.3. The summed E-state index contributed by atoms with van der Waals surface area (Å²) in [5.74, 6) is -0.307. The van der Waals surface area contributed by atoms with E-state index in [-0.39, 0.29) is 5.91 Å². The van der Waals surface area contributed by atoms with Crippen LogP contribution in [0.2, 0.25) is 0 Å². The third kappa shape index (κ3) is 5.91. The van der Waals surface area contributed by atoms with Gasteiger partial charge in [0.25, 0.3) is 5.91 Å². The fraction of sp³-hybridized carbons (Fsp3) is 0.353. The van der Waals surface area contributed by atoms with Crippen LogP contribution in [-0.4, -0.2) is 22.3 Å². The quantitative estimate of drug-likeness (QED) is 0.659.